The molecule has 1 atom stereocenters. The molecule has 1 aliphatic rings. The zero-order chi connectivity index (χ0) is 13.1. The van der Waals surface area contributed by atoms with Crippen molar-refractivity contribution in [1.82, 2.24) is 14.9 Å². The maximum atomic E-state index is 4.73. The van der Waals surface area contributed by atoms with Gasteiger partial charge in [0, 0.05) is 19.0 Å². The fraction of sp³-hybridized carbons (Fsp3) is 0.562. The van der Waals surface area contributed by atoms with Crippen molar-refractivity contribution in [3.8, 4) is 0 Å². The van der Waals surface area contributed by atoms with E-state index in [2.05, 4.69) is 41.1 Å². The van der Waals surface area contributed by atoms with Crippen LogP contribution in [0.3, 0.4) is 0 Å². The van der Waals surface area contributed by atoms with Crippen molar-refractivity contribution in [2.45, 2.75) is 51.6 Å². The van der Waals surface area contributed by atoms with E-state index in [4.69, 9.17) is 4.98 Å². The minimum absolute atomic E-state index is 0.750. The molecular weight excluding hydrogens is 234 g/mol. The maximum absolute atomic E-state index is 4.73. The van der Waals surface area contributed by atoms with Gasteiger partial charge in [-0.3, -0.25) is 0 Å². The molecule has 1 saturated heterocycles. The van der Waals surface area contributed by atoms with Crippen LogP contribution in [0.5, 0.6) is 0 Å². The Morgan fingerprint density at radius 2 is 2.26 bits per heavy atom. The lowest BCUT2D eigenvalue weighted by molar-refractivity contribution is 0.501. The molecule has 0 aliphatic carbocycles. The molecule has 102 valence electrons. The van der Waals surface area contributed by atoms with Gasteiger partial charge in [0.2, 0.25) is 0 Å². The maximum Gasteiger partial charge on any atom is 0.109 e. The van der Waals surface area contributed by atoms with Gasteiger partial charge in [0.25, 0.3) is 0 Å². The van der Waals surface area contributed by atoms with Crippen molar-refractivity contribution in [3.05, 3.63) is 30.1 Å². The Balaban J connectivity index is 1.71. The van der Waals surface area contributed by atoms with E-state index in [1.54, 1.807) is 0 Å². The zero-order valence-electron chi connectivity index (χ0n) is 11.7. The summed E-state index contributed by atoms with van der Waals surface area (Å²) < 4.78 is 2.41. The Morgan fingerprint density at radius 1 is 1.37 bits per heavy atom. The van der Waals surface area contributed by atoms with Crippen LogP contribution in [0.15, 0.2) is 24.3 Å². The molecule has 1 aromatic heterocycles. The van der Waals surface area contributed by atoms with Gasteiger partial charge < -0.3 is 9.88 Å². The number of fused-ring (bicyclic) bond motifs is 1. The smallest absolute Gasteiger partial charge is 0.109 e. The van der Waals surface area contributed by atoms with E-state index in [-0.39, 0.29) is 0 Å². The Morgan fingerprint density at radius 3 is 3.05 bits per heavy atom. The average Bonchev–Trinajstić information content (AvgIpc) is 3.06. The predicted octanol–water partition coefficient (Wildman–Crippen LogP) is 3.13. The SMILES string of the molecule is CCc1nc2ccccc2n1CCCC1CCCN1. The van der Waals surface area contributed by atoms with Crippen LogP contribution >= 0.6 is 0 Å². The Bertz CT molecular complexity index is 538. The van der Waals surface area contributed by atoms with Crippen molar-refractivity contribution in [3.63, 3.8) is 0 Å². The predicted molar refractivity (Wildman–Crippen MR) is 79.4 cm³/mol. The number of rotatable bonds is 5. The van der Waals surface area contributed by atoms with Crippen LogP contribution < -0.4 is 5.32 Å². The molecule has 3 rings (SSSR count). The highest BCUT2D eigenvalue weighted by molar-refractivity contribution is 5.75. The summed E-state index contributed by atoms with van der Waals surface area (Å²) in [5.41, 5.74) is 2.43. The third-order valence-corrected chi connectivity index (χ3v) is 4.15. The highest BCUT2D eigenvalue weighted by Crippen LogP contribution is 2.18. The van der Waals surface area contributed by atoms with Gasteiger partial charge in [-0.25, -0.2) is 4.98 Å². The third kappa shape index (κ3) is 2.66. The van der Waals surface area contributed by atoms with Gasteiger partial charge in [0.05, 0.1) is 11.0 Å². The minimum Gasteiger partial charge on any atom is -0.328 e. The number of benzene rings is 1. The summed E-state index contributed by atoms with van der Waals surface area (Å²) in [7, 11) is 0. The van der Waals surface area contributed by atoms with E-state index < -0.39 is 0 Å². The molecule has 1 fully saturated rings. The standard InChI is InChI=1S/C16H23N3/c1-2-16-18-14-9-3-4-10-15(14)19(16)12-6-8-13-7-5-11-17-13/h3-4,9-10,13,17H,2,5-8,11-12H2,1H3. The van der Waals surface area contributed by atoms with Crippen molar-refractivity contribution in [2.24, 2.45) is 0 Å². The molecule has 3 heteroatoms. The first-order valence-corrected chi connectivity index (χ1v) is 7.56. The first kappa shape index (κ1) is 12.7. The largest absolute Gasteiger partial charge is 0.328 e. The van der Waals surface area contributed by atoms with E-state index in [1.165, 1.54) is 43.6 Å². The Labute approximate surface area is 115 Å². The molecule has 1 N–H and O–H groups in total. The number of hydrogen-bond donors (Lipinski definition) is 1. The lowest BCUT2D eigenvalue weighted by Crippen LogP contribution is -2.21. The lowest BCUT2D eigenvalue weighted by atomic mass is 10.1. The molecule has 0 saturated carbocycles. The average molecular weight is 257 g/mol. The number of aryl methyl sites for hydroxylation is 2. The summed E-state index contributed by atoms with van der Waals surface area (Å²) in [5, 5.41) is 3.58. The first-order valence-electron chi connectivity index (χ1n) is 7.56. The lowest BCUT2D eigenvalue weighted by Gasteiger charge is -2.12. The summed E-state index contributed by atoms with van der Waals surface area (Å²) >= 11 is 0. The molecule has 3 nitrogen and oxygen atoms in total. The molecule has 0 bridgehead atoms. The molecule has 19 heavy (non-hydrogen) atoms. The van der Waals surface area contributed by atoms with E-state index in [1.807, 2.05) is 0 Å². The highest BCUT2D eigenvalue weighted by atomic mass is 15.1. The molecule has 0 radical (unpaired) electrons. The highest BCUT2D eigenvalue weighted by Gasteiger charge is 2.14. The van der Waals surface area contributed by atoms with E-state index in [9.17, 15) is 0 Å². The molecular formula is C16H23N3. The summed E-state index contributed by atoms with van der Waals surface area (Å²) in [6.07, 6.45) is 6.24. The monoisotopic (exact) mass is 257 g/mol. The number of aromatic nitrogens is 2. The van der Waals surface area contributed by atoms with Crippen LogP contribution in [0, 0.1) is 0 Å². The van der Waals surface area contributed by atoms with Gasteiger partial charge in [-0.15, -0.1) is 0 Å². The van der Waals surface area contributed by atoms with Crippen LogP contribution in [0.1, 0.15) is 38.4 Å². The van der Waals surface area contributed by atoms with Crippen LogP contribution in [-0.4, -0.2) is 22.1 Å². The molecule has 1 aliphatic heterocycles. The van der Waals surface area contributed by atoms with E-state index in [0.717, 1.165) is 24.5 Å². The first-order chi connectivity index (χ1) is 9.38. The van der Waals surface area contributed by atoms with Crippen LogP contribution in [0.4, 0.5) is 0 Å². The quantitative estimate of drug-likeness (QED) is 0.892. The van der Waals surface area contributed by atoms with Gasteiger partial charge in [-0.1, -0.05) is 19.1 Å². The van der Waals surface area contributed by atoms with Crippen molar-refractivity contribution >= 4 is 11.0 Å². The summed E-state index contributed by atoms with van der Waals surface area (Å²) in [6.45, 7) is 4.50. The molecule has 1 unspecified atom stereocenters. The molecule has 2 heterocycles. The molecule has 1 aromatic carbocycles. The zero-order valence-corrected chi connectivity index (χ0v) is 11.7. The fourth-order valence-corrected chi connectivity index (χ4v) is 3.14. The number of nitrogens with one attached hydrogen (secondary N) is 1. The van der Waals surface area contributed by atoms with Gasteiger partial charge in [-0.05, 0) is 44.4 Å². The second kappa shape index (κ2) is 5.74. The van der Waals surface area contributed by atoms with Crippen molar-refractivity contribution < 1.29 is 0 Å². The third-order valence-electron chi connectivity index (χ3n) is 4.15. The Kier molecular flexibility index (Phi) is 3.83. The van der Waals surface area contributed by atoms with Crippen LogP contribution in [-0.2, 0) is 13.0 Å². The van der Waals surface area contributed by atoms with Gasteiger partial charge in [-0.2, -0.15) is 0 Å². The number of hydrogen-bond acceptors (Lipinski definition) is 2. The summed E-state index contributed by atoms with van der Waals surface area (Å²) in [5.74, 6) is 1.22. The molecule has 0 spiro atoms. The van der Waals surface area contributed by atoms with Crippen molar-refractivity contribution in [2.75, 3.05) is 6.54 Å². The second-order valence-corrected chi connectivity index (χ2v) is 5.46. The fourth-order valence-electron chi connectivity index (χ4n) is 3.14. The second-order valence-electron chi connectivity index (χ2n) is 5.46. The van der Waals surface area contributed by atoms with Gasteiger partial charge in [0.15, 0.2) is 0 Å². The number of imidazole rings is 1. The van der Waals surface area contributed by atoms with Crippen LogP contribution in [0.25, 0.3) is 11.0 Å². The number of nitrogens with zero attached hydrogens (tertiary/aromatic N) is 2. The minimum atomic E-state index is 0.750. The summed E-state index contributed by atoms with van der Waals surface area (Å²) in [6, 6.07) is 9.23. The van der Waals surface area contributed by atoms with Crippen LogP contribution in [0.2, 0.25) is 0 Å². The normalized spacial score (nSPS) is 19.3. The van der Waals surface area contributed by atoms with Crippen molar-refractivity contribution in [1.29, 1.82) is 0 Å². The molecule has 2 aromatic rings. The topological polar surface area (TPSA) is 29.9 Å². The van der Waals surface area contributed by atoms with Gasteiger partial charge in [0.1, 0.15) is 5.82 Å². The molecule has 0 amide bonds. The Hall–Kier alpha value is -1.35. The van der Waals surface area contributed by atoms with Gasteiger partial charge >= 0.3 is 0 Å². The van der Waals surface area contributed by atoms with E-state index >= 15 is 0 Å². The summed E-state index contributed by atoms with van der Waals surface area (Å²) in [4.78, 5) is 4.73. The number of para-hydroxylation sites is 2. The van der Waals surface area contributed by atoms with E-state index in [0.29, 0.717) is 0 Å².